The number of hydrogen-bond acceptors (Lipinski definition) is 1. The summed E-state index contributed by atoms with van der Waals surface area (Å²) in [5.74, 6) is 1.96. The minimum atomic E-state index is 0.287. The van der Waals surface area contributed by atoms with Crippen molar-refractivity contribution in [3.8, 4) is 0 Å². The first-order valence-electron chi connectivity index (χ1n) is 9.78. The third kappa shape index (κ3) is 2.30. The molecule has 1 saturated heterocycles. The van der Waals surface area contributed by atoms with Gasteiger partial charge in [0.2, 0.25) is 0 Å². The van der Waals surface area contributed by atoms with Gasteiger partial charge in [0.25, 0.3) is 0 Å². The molecule has 0 aromatic rings. The van der Waals surface area contributed by atoms with E-state index < -0.39 is 0 Å². The van der Waals surface area contributed by atoms with Crippen molar-refractivity contribution in [2.75, 3.05) is 6.54 Å². The SMILES string of the molecule is C=C([C@@H](C)N1C[C@@H]2[C@H]1C1CCCCCC12C)C(C)(C)CCC. The predicted octanol–water partition coefficient (Wildman–Crippen LogP) is 5.66. The molecular weight excluding hydrogens is 266 g/mol. The van der Waals surface area contributed by atoms with Gasteiger partial charge in [0.15, 0.2) is 0 Å². The van der Waals surface area contributed by atoms with Crippen LogP contribution in [-0.2, 0) is 0 Å². The van der Waals surface area contributed by atoms with E-state index in [9.17, 15) is 0 Å². The van der Waals surface area contributed by atoms with Crippen LogP contribution in [0.3, 0.4) is 0 Å². The van der Waals surface area contributed by atoms with E-state index in [1.165, 1.54) is 57.1 Å². The van der Waals surface area contributed by atoms with Gasteiger partial charge in [0.05, 0.1) is 0 Å². The van der Waals surface area contributed by atoms with Crippen LogP contribution in [0.2, 0.25) is 0 Å². The summed E-state index contributed by atoms with van der Waals surface area (Å²) in [5.41, 5.74) is 2.43. The quantitative estimate of drug-likeness (QED) is 0.592. The number of hydrogen-bond donors (Lipinski definition) is 0. The first-order chi connectivity index (χ1) is 10.3. The van der Waals surface area contributed by atoms with Crippen molar-refractivity contribution in [1.29, 1.82) is 0 Å². The van der Waals surface area contributed by atoms with E-state index >= 15 is 0 Å². The van der Waals surface area contributed by atoms with Crippen molar-refractivity contribution in [3.05, 3.63) is 12.2 Å². The van der Waals surface area contributed by atoms with E-state index in [0.717, 1.165) is 17.9 Å². The zero-order chi connectivity index (χ0) is 16.1. The van der Waals surface area contributed by atoms with Crippen LogP contribution in [-0.4, -0.2) is 23.5 Å². The van der Waals surface area contributed by atoms with Crippen molar-refractivity contribution >= 4 is 0 Å². The van der Waals surface area contributed by atoms with Crippen LogP contribution in [0.4, 0.5) is 0 Å². The molecule has 1 aliphatic heterocycles. The van der Waals surface area contributed by atoms with Crippen molar-refractivity contribution in [2.24, 2.45) is 22.7 Å². The molecule has 2 saturated carbocycles. The van der Waals surface area contributed by atoms with Gasteiger partial charge in [-0.2, -0.15) is 0 Å². The Morgan fingerprint density at radius 1 is 1.27 bits per heavy atom. The smallest absolute Gasteiger partial charge is 0.0285 e. The summed E-state index contributed by atoms with van der Waals surface area (Å²) in [6.45, 7) is 18.0. The van der Waals surface area contributed by atoms with Gasteiger partial charge in [0, 0.05) is 18.6 Å². The minimum Gasteiger partial charge on any atom is -0.293 e. The maximum Gasteiger partial charge on any atom is 0.0285 e. The Labute approximate surface area is 138 Å². The van der Waals surface area contributed by atoms with Crippen molar-refractivity contribution < 1.29 is 0 Å². The predicted molar refractivity (Wildman–Crippen MR) is 96.0 cm³/mol. The minimum absolute atomic E-state index is 0.287. The van der Waals surface area contributed by atoms with E-state index in [1.54, 1.807) is 0 Å². The van der Waals surface area contributed by atoms with Crippen LogP contribution in [0.1, 0.15) is 79.6 Å². The molecule has 3 fully saturated rings. The highest BCUT2D eigenvalue weighted by atomic mass is 15.3. The lowest BCUT2D eigenvalue weighted by atomic mass is 9.44. The molecule has 0 amide bonds. The Morgan fingerprint density at radius 3 is 2.68 bits per heavy atom. The number of rotatable bonds is 5. The number of piperidine rings is 1. The molecule has 3 aliphatic rings. The maximum atomic E-state index is 4.53. The highest BCUT2D eigenvalue weighted by Crippen LogP contribution is 2.65. The molecule has 2 unspecified atom stereocenters. The van der Waals surface area contributed by atoms with Gasteiger partial charge in [-0.1, -0.05) is 65.5 Å². The summed E-state index contributed by atoms with van der Waals surface area (Å²) in [5, 5.41) is 0. The third-order valence-corrected chi connectivity index (χ3v) is 7.79. The lowest BCUT2D eigenvalue weighted by Gasteiger charge is -2.72. The Bertz CT molecular complexity index is 437. The fourth-order valence-electron chi connectivity index (χ4n) is 6.09. The van der Waals surface area contributed by atoms with Crippen LogP contribution in [0, 0.1) is 22.7 Å². The Morgan fingerprint density at radius 2 is 2.00 bits per heavy atom. The van der Waals surface area contributed by atoms with Gasteiger partial charge in [-0.3, -0.25) is 4.90 Å². The molecule has 22 heavy (non-hydrogen) atoms. The van der Waals surface area contributed by atoms with E-state index in [4.69, 9.17) is 0 Å². The zero-order valence-corrected chi connectivity index (χ0v) is 15.6. The average Bonchev–Trinajstić information content (AvgIpc) is 2.58. The summed E-state index contributed by atoms with van der Waals surface area (Å²) < 4.78 is 0. The van der Waals surface area contributed by atoms with Crippen molar-refractivity contribution in [2.45, 2.75) is 91.6 Å². The third-order valence-electron chi connectivity index (χ3n) is 7.79. The van der Waals surface area contributed by atoms with Gasteiger partial charge in [-0.05, 0) is 48.9 Å². The van der Waals surface area contributed by atoms with Crippen LogP contribution in [0.25, 0.3) is 0 Å². The van der Waals surface area contributed by atoms with Gasteiger partial charge in [0.1, 0.15) is 0 Å². The van der Waals surface area contributed by atoms with Crippen molar-refractivity contribution in [1.82, 2.24) is 4.90 Å². The van der Waals surface area contributed by atoms with Crippen LogP contribution < -0.4 is 0 Å². The fourth-order valence-corrected chi connectivity index (χ4v) is 6.09. The standard InChI is InChI=1S/C21H37N/c1-7-12-20(4,5)15(2)16(3)22-14-18-19(22)17-11-9-8-10-13-21(17,18)6/h16-19H,2,7-14H2,1,3-6H3/t16-,17?,18-,19-,21?/m1/s1. The number of likely N-dealkylation sites (tertiary alicyclic amines) is 1. The molecule has 0 aromatic heterocycles. The van der Waals surface area contributed by atoms with Crippen molar-refractivity contribution in [3.63, 3.8) is 0 Å². The van der Waals surface area contributed by atoms with Gasteiger partial charge >= 0.3 is 0 Å². The molecule has 0 bridgehead atoms. The summed E-state index contributed by atoms with van der Waals surface area (Å²) in [6.07, 6.45) is 9.90. The Kier molecular flexibility index (Phi) is 4.25. The molecule has 1 heteroatoms. The molecular formula is C21H37N. The second-order valence-corrected chi connectivity index (χ2v) is 9.34. The zero-order valence-electron chi connectivity index (χ0n) is 15.6. The van der Waals surface area contributed by atoms with E-state index in [1.807, 2.05) is 0 Å². The molecule has 0 aromatic carbocycles. The molecule has 5 atom stereocenters. The van der Waals surface area contributed by atoms with Crippen LogP contribution >= 0.6 is 0 Å². The molecule has 0 spiro atoms. The van der Waals surface area contributed by atoms with Gasteiger partial charge in [-0.25, -0.2) is 0 Å². The maximum absolute atomic E-state index is 4.53. The number of nitrogens with zero attached hydrogens (tertiary/aromatic N) is 1. The van der Waals surface area contributed by atoms with Crippen LogP contribution in [0.5, 0.6) is 0 Å². The van der Waals surface area contributed by atoms with Gasteiger partial charge in [-0.15, -0.1) is 0 Å². The van der Waals surface area contributed by atoms with Gasteiger partial charge < -0.3 is 0 Å². The highest BCUT2D eigenvalue weighted by molar-refractivity contribution is 5.23. The molecule has 0 radical (unpaired) electrons. The topological polar surface area (TPSA) is 3.24 Å². The van der Waals surface area contributed by atoms with Crippen LogP contribution in [0.15, 0.2) is 12.2 Å². The second-order valence-electron chi connectivity index (χ2n) is 9.34. The molecule has 3 rings (SSSR count). The number of fused-ring (bicyclic) bond motifs is 4. The molecule has 2 aliphatic carbocycles. The largest absolute Gasteiger partial charge is 0.293 e. The van der Waals surface area contributed by atoms with E-state index in [0.29, 0.717) is 11.5 Å². The monoisotopic (exact) mass is 303 g/mol. The first kappa shape index (κ1) is 16.6. The molecule has 1 nitrogen and oxygen atoms in total. The summed E-state index contributed by atoms with van der Waals surface area (Å²) >= 11 is 0. The normalized spacial score (nSPS) is 39.8. The Hall–Kier alpha value is -0.300. The van der Waals surface area contributed by atoms with E-state index in [2.05, 4.69) is 46.1 Å². The highest BCUT2D eigenvalue weighted by Gasteiger charge is 2.66. The fraction of sp³-hybridized carbons (Fsp3) is 0.905. The molecule has 0 N–H and O–H groups in total. The molecule has 126 valence electrons. The summed E-state index contributed by atoms with van der Waals surface area (Å²) in [4.78, 5) is 2.81. The lowest BCUT2D eigenvalue weighted by Crippen LogP contribution is -2.77. The second kappa shape index (κ2) is 5.65. The molecule has 1 heterocycles. The summed E-state index contributed by atoms with van der Waals surface area (Å²) in [7, 11) is 0. The van der Waals surface area contributed by atoms with E-state index in [-0.39, 0.29) is 5.41 Å². The summed E-state index contributed by atoms with van der Waals surface area (Å²) in [6, 6.07) is 1.45. The average molecular weight is 304 g/mol. The Balaban J connectivity index is 1.67. The first-order valence-corrected chi connectivity index (χ1v) is 9.78. The lowest BCUT2D eigenvalue weighted by molar-refractivity contribution is -0.229.